The van der Waals surface area contributed by atoms with Crippen molar-refractivity contribution in [3.63, 3.8) is 0 Å². The monoisotopic (exact) mass is 385 g/mol. The quantitative estimate of drug-likeness (QED) is 0.742. The number of hydrogen-bond acceptors (Lipinski definition) is 6. The fourth-order valence-corrected chi connectivity index (χ4v) is 2.81. The first kappa shape index (κ1) is 17.3. The summed E-state index contributed by atoms with van der Waals surface area (Å²) < 4.78 is 11.2. The molecule has 0 radical (unpaired) electrons. The van der Waals surface area contributed by atoms with E-state index in [0.717, 1.165) is 12.0 Å². The SMILES string of the molecule is O=C(Cn1nnc(-c2cccc(Cl)c2)n1)Nc1ccc2c(c1)OCCCO2. The first-order chi connectivity index (χ1) is 13.2. The molecule has 4 rings (SSSR count). The number of hydrogen-bond donors (Lipinski definition) is 1. The maximum absolute atomic E-state index is 12.3. The molecule has 8 nitrogen and oxygen atoms in total. The van der Waals surface area contributed by atoms with Crippen molar-refractivity contribution in [2.24, 2.45) is 0 Å². The minimum absolute atomic E-state index is 0.0675. The number of carbonyl (C=O) groups excluding carboxylic acids is 1. The zero-order valence-electron chi connectivity index (χ0n) is 14.3. The van der Waals surface area contributed by atoms with Crippen molar-refractivity contribution in [3.05, 3.63) is 47.5 Å². The number of halogens is 1. The second-order valence-electron chi connectivity index (χ2n) is 5.91. The number of aromatic nitrogens is 4. The maximum atomic E-state index is 12.3. The molecular weight excluding hydrogens is 370 g/mol. The van der Waals surface area contributed by atoms with Crippen LogP contribution in [-0.4, -0.2) is 39.3 Å². The topological polar surface area (TPSA) is 91.2 Å². The maximum Gasteiger partial charge on any atom is 0.248 e. The van der Waals surface area contributed by atoms with Crippen LogP contribution in [0.2, 0.25) is 5.02 Å². The Morgan fingerprint density at radius 3 is 2.85 bits per heavy atom. The molecule has 138 valence electrons. The van der Waals surface area contributed by atoms with Gasteiger partial charge in [0.1, 0.15) is 6.54 Å². The van der Waals surface area contributed by atoms with Crippen LogP contribution in [0.15, 0.2) is 42.5 Å². The summed E-state index contributed by atoms with van der Waals surface area (Å²) >= 11 is 5.97. The van der Waals surface area contributed by atoms with Crippen molar-refractivity contribution in [3.8, 4) is 22.9 Å². The number of benzene rings is 2. The minimum Gasteiger partial charge on any atom is -0.490 e. The van der Waals surface area contributed by atoms with E-state index < -0.39 is 0 Å². The minimum atomic E-state index is -0.278. The lowest BCUT2D eigenvalue weighted by atomic mass is 10.2. The highest BCUT2D eigenvalue weighted by atomic mass is 35.5. The van der Waals surface area contributed by atoms with Crippen molar-refractivity contribution in [2.45, 2.75) is 13.0 Å². The van der Waals surface area contributed by atoms with Crippen LogP contribution in [0.4, 0.5) is 5.69 Å². The van der Waals surface area contributed by atoms with Gasteiger partial charge in [-0.2, -0.15) is 4.80 Å². The van der Waals surface area contributed by atoms with E-state index in [1.54, 1.807) is 36.4 Å². The van der Waals surface area contributed by atoms with Gasteiger partial charge in [0.15, 0.2) is 11.5 Å². The van der Waals surface area contributed by atoms with Gasteiger partial charge >= 0.3 is 0 Å². The van der Waals surface area contributed by atoms with Gasteiger partial charge in [-0.25, -0.2) is 0 Å². The molecule has 0 fully saturated rings. The van der Waals surface area contributed by atoms with Crippen molar-refractivity contribution < 1.29 is 14.3 Å². The molecule has 2 heterocycles. The Labute approximate surface area is 160 Å². The second-order valence-corrected chi connectivity index (χ2v) is 6.35. The smallest absolute Gasteiger partial charge is 0.248 e. The third-order valence-corrected chi connectivity index (χ3v) is 4.09. The van der Waals surface area contributed by atoms with Crippen LogP contribution in [0, 0.1) is 0 Å². The molecule has 27 heavy (non-hydrogen) atoms. The average molecular weight is 386 g/mol. The van der Waals surface area contributed by atoms with Gasteiger partial charge in [0.05, 0.1) is 13.2 Å². The number of fused-ring (bicyclic) bond motifs is 1. The van der Waals surface area contributed by atoms with Crippen molar-refractivity contribution in [2.75, 3.05) is 18.5 Å². The molecule has 3 aromatic rings. The molecule has 1 amide bonds. The van der Waals surface area contributed by atoms with E-state index in [9.17, 15) is 4.79 Å². The fourth-order valence-electron chi connectivity index (χ4n) is 2.62. The van der Waals surface area contributed by atoms with E-state index in [-0.39, 0.29) is 12.5 Å². The van der Waals surface area contributed by atoms with Crippen LogP contribution in [0.25, 0.3) is 11.4 Å². The van der Waals surface area contributed by atoms with E-state index in [1.165, 1.54) is 4.80 Å². The predicted molar refractivity (Wildman–Crippen MR) is 98.9 cm³/mol. The molecule has 2 aromatic carbocycles. The van der Waals surface area contributed by atoms with E-state index in [4.69, 9.17) is 21.1 Å². The van der Waals surface area contributed by atoms with Gasteiger partial charge in [-0.3, -0.25) is 4.79 Å². The van der Waals surface area contributed by atoms with Crippen LogP contribution < -0.4 is 14.8 Å². The van der Waals surface area contributed by atoms with Crippen molar-refractivity contribution >= 4 is 23.2 Å². The Morgan fingerprint density at radius 2 is 2.00 bits per heavy atom. The molecule has 9 heteroatoms. The van der Waals surface area contributed by atoms with Crippen LogP contribution >= 0.6 is 11.6 Å². The molecule has 0 aliphatic carbocycles. The Hall–Kier alpha value is -3.13. The molecule has 0 unspecified atom stereocenters. The van der Waals surface area contributed by atoms with Crippen LogP contribution in [0.5, 0.6) is 11.5 Å². The fraction of sp³-hybridized carbons (Fsp3) is 0.222. The van der Waals surface area contributed by atoms with E-state index >= 15 is 0 Å². The summed E-state index contributed by atoms with van der Waals surface area (Å²) in [7, 11) is 0. The lowest BCUT2D eigenvalue weighted by molar-refractivity contribution is -0.117. The van der Waals surface area contributed by atoms with Gasteiger partial charge in [-0.1, -0.05) is 23.7 Å². The van der Waals surface area contributed by atoms with Crippen LogP contribution in [-0.2, 0) is 11.3 Å². The number of anilines is 1. The first-order valence-corrected chi connectivity index (χ1v) is 8.78. The number of ether oxygens (including phenoxy) is 2. The van der Waals surface area contributed by atoms with Gasteiger partial charge in [-0.05, 0) is 29.5 Å². The molecule has 0 atom stereocenters. The molecule has 0 saturated heterocycles. The lowest BCUT2D eigenvalue weighted by Crippen LogP contribution is -2.20. The standard InChI is InChI=1S/C18H16ClN5O3/c19-13-4-1-3-12(9-13)18-21-23-24(22-18)11-17(25)20-14-5-6-15-16(10-14)27-8-2-7-26-15/h1,3-6,9-10H,2,7-8,11H2,(H,20,25). The summed E-state index contributed by atoms with van der Waals surface area (Å²) in [5.41, 5.74) is 1.34. The van der Waals surface area contributed by atoms with Crippen LogP contribution in [0.1, 0.15) is 6.42 Å². The Kier molecular flexibility index (Phi) is 4.88. The number of nitrogens with zero attached hydrogens (tertiary/aromatic N) is 4. The zero-order chi connectivity index (χ0) is 18.6. The number of tetrazole rings is 1. The van der Waals surface area contributed by atoms with Gasteiger partial charge in [0, 0.05) is 28.8 Å². The number of carbonyl (C=O) groups is 1. The summed E-state index contributed by atoms with van der Waals surface area (Å²) in [6, 6.07) is 12.4. The Bertz CT molecular complexity index is 975. The van der Waals surface area contributed by atoms with Crippen LogP contribution in [0.3, 0.4) is 0 Å². The number of amides is 1. The molecular formula is C18H16ClN5O3. The number of rotatable bonds is 4. The summed E-state index contributed by atoms with van der Waals surface area (Å²) in [5, 5.41) is 15.5. The molecule has 0 bridgehead atoms. The number of nitrogens with one attached hydrogen (secondary N) is 1. The van der Waals surface area contributed by atoms with E-state index in [0.29, 0.717) is 41.2 Å². The Morgan fingerprint density at radius 1 is 1.15 bits per heavy atom. The highest BCUT2D eigenvalue weighted by Gasteiger charge is 2.13. The third kappa shape index (κ3) is 4.17. The normalized spacial score (nSPS) is 13.1. The van der Waals surface area contributed by atoms with Crippen molar-refractivity contribution in [1.82, 2.24) is 20.2 Å². The molecule has 1 N–H and O–H groups in total. The lowest BCUT2D eigenvalue weighted by Gasteiger charge is -2.10. The predicted octanol–water partition coefficient (Wildman–Crippen LogP) is 2.79. The molecule has 1 aliphatic rings. The van der Waals surface area contributed by atoms with Gasteiger partial charge < -0.3 is 14.8 Å². The molecule has 1 aromatic heterocycles. The average Bonchev–Trinajstić information content (AvgIpc) is 2.98. The summed E-state index contributed by atoms with van der Waals surface area (Å²) in [6.07, 6.45) is 0.823. The summed E-state index contributed by atoms with van der Waals surface area (Å²) in [6.45, 7) is 1.13. The summed E-state index contributed by atoms with van der Waals surface area (Å²) in [5.74, 6) is 1.42. The first-order valence-electron chi connectivity index (χ1n) is 8.41. The molecule has 0 spiro atoms. The molecule has 1 aliphatic heterocycles. The third-order valence-electron chi connectivity index (χ3n) is 3.85. The highest BCUT2D eigenvalue weighted by molar-refractivity contribution is 6.30. The molecule has 0 saturated carbocycles. The van der Waals surface area contributed by atoms with Gasteiger partial charge in [0.25, 0.3) is 0 Å². The second kappa shape index (κ2) is 7.63. The van der Waals surface area contributed by atoms with E-state index in [1.807, 2.05) is 6.07 Å². The van der Waals surface area contributed by atoms with Crippen molar-refractivity contribution in [1.29, 1.82) is 0 Å². The zero-order valence-corrected chi connectivity index (χ0v) is 15.0. The largest absolute Gasteiger partial charge is 0.490 e. The van der Waals surface area contributed by atoms with Gasteiger partial charge in [-0.15, -0.1) is 10.2 Å². The highest BCUT2D eigenvalue weighted by Crippen LogP contribution is 2.32. The van der Waals surface area contributed by atoms with E-state index in [2.05, 4.69) is 20.7 Å². The van der Waals surface area contributed by atoms with Gasteiger partial charge in [0.2, 0.25) is 11.7 Å². The Balaban J connectivity index is 1.42. The summed E-state index contributed by atoms with van der Waals surface area (Å²) in [4.78, 5) is 13.5.